The standard InChI is InChI=1S/C19H29N3O3S.ClH/c1-2-10-21-26(24,25)17-8-6-16(7-9-17)22-19(23)15-11-13-4-3-5-14(12-15)18(13)20;/h6-9,13-15,18,21H,2-5,10-12,20H2,1H3,(H,22,23);1H. The number of carbonyl (C=O) groups excluding carboxylic acids is 1. The minimum absolute atomic E-state index is 0. The Hall–Kier alpha value is -1.15. The number of hydrogen-bond acceptors (Lipinski definition) is 4. The van der Waals surface area contributed by atoms with Crippen molar-refractivity contribution in [1.82, 2.24) is 4.72 Å². The van der Waals surface area contributed by atoms with Crippen LogP contribution in [0.25, 0.3) is 0 Å². The lowest BCUT2D eigenvalue weighted by Gasteiger charge is -2.43. The molecule has 2 unspecified atom stereocenters. The highest BCUT2D eigenvalue weighted by atomic mass is 35.5. The van der Waals surface area contributed by atoms with E-state index >= 15 is 0 Å². The van der Waals surface area contributed by atoms with E-state index in [1.165, 1.54) is 18.6 Å². The number of nitrogens with two attached hydrogens (primary N) is 1. The van der Waals surface area contributed by atoms with E-state index in [1.54, 1.807) is 12.1 Å². The summed E-state index contributed by atoms with van der Waals surface area (Å²) in [5.74, 6) is 0.930. The zero-order valence-corrected chi connectivity index (χ0v) is 17.3. The molecule has 2 atom stereocenters. The van der Waals surface area contributed by atoms with Crippen molar-refractivity contribution in [2.75, 3.05) is 11.9 Å². The van der Waals surface area contributed by atoms with Gasteiger partial charge in [0.1, 0.15) is 0 Å². The third-order valence-electron chi connectivity index (χ3n) is 5.76. The number of fused-ring (bicyclic) bond motifs is 2. The molecule has 2 fully saturated rings. The van der Waals surface area contributed by atoms with Crippen LogP contribution in [0.2, 0.25) is 0 Å². The second kappa shape index (κ2) is 9.37. The highest BCUT2D eigenvalue weighted by Crippen LogP contribution is 2.42. The van der Waals surface area contributed by atoms with E-state index in [0.717, 1.165) is 32.1 Å². The van der Waals surface area contributed by atoms with Crippen molar-refractivity contribution in [3.8, 4) is 0 Å². The molecule has 0 saturated heterocycles. The van der Waals surface area contributed by atoms with Crippen LogP contribution in [0, 0.1) is 17.8 Å². The van der Waals surface area contributed by atoms with E-state index in [4.69, 9.17) is 5.73 Å². The van der Waals surface area contributed by atoms with E-state index in [9.17, 15) is 13.2 Å². The predicted octanol–water partition coefficient (Wildman–Crippen LogP) is 2.89. The molecule has 0 aromatic heterocycles. The molecule has 1 aromatic rings. The Morgan fingerprint density at radius 3 is 2.30 bits per heavy atom. The van der Waals surface area contributed by atoms with Crippen molar-refractivity contribution in [1.29, 1.82) is 0 Å². The monoisotopic (exact) mass is 415 g/mol. The van der Waals surface area contributed by atoms with Crippen molar-refractivity contribution in [2.24, 2.45) is 23.5 Å². The number of carbonyl (C=O) groups is 1. The molecule has 27 heavy (non-hydrogen) atoms. The Morgan fingerprint density at radius 2 is 1.74 bits per heavy atom. The molecule has 1 amide bonds. The van der Waals surface area contributed by atoms with Crippen LogP contribution in [0.4, 0.5) is 5.69 Å². The molecule has 3 rings (SSSR count). The van der Waals surface area contributed by atoms with E-state index in [1.807, 2.05) is 6.92 Å². The summed E-state index contributed by atoms with van der Waals surface area (Å²) in [5.41, 5.74) is 6.93. The number of nitrogens with one attached hydrogen (secondary N) is 2. The fourth-order valence-electron chi connectivity index (χ4n) is 4.28. The Balaban J connectivity index is 0.00000261. The van der Waals surface area contributed by atoms with Crippen molar-refractivity contribution in [3.63, 3.8) is 0 Å². The lowest BCUT2D eigenvalue weighted by atomic mass is 9.65. The molecule has 6 nitrogen and oxygen atoms in total. The molecular formula is C19H30ClN3O3S. The van der Waals surface area contributed by atoms with Gasteiger partial charge in [-0.25, -0.2) is 13.1 Å². The molecule has 0 radical (unpaired) electrons. The van der Waals surface area contributed by atoms with Crippen molar-refractivity contribution in [2.45, 2.75) is 56.4 Å². The van der Waals surface area contributed by atoms with Gasteiger partial charge in [-0.2, -0.15) is 0 Å². The van der Waals surface area contributed by atoms with Crippen LogP contribution in [-0.2, 0) is 14.8 Å². The molecule has 1 aromatic carbocycles. The molecule has 4 N–H and O–H groups in total. The van der Waals surface area contributed by atoms with Gasteiger partial charge in [0.25, 0.3) is 0 Å². The van der Waals surface area contributed by atoms with Crippen molar-refractivity contribution < 1.29 is 13.2 Å². The molecule has 0 aliphatic heterocycles. The summed E-state index contributed by atoms with van der Waals surface area (Å²) >= 11 is 0. The summed E-state index contributed by atoms with van der Waals surface area (Å²) in [4.78, 5) is 12.9. The fourth-order valence-corrected chi connectivity index (χ4v) is 5.42. The van der Waals surface area contributed by atoms with Crippen LogP contribution in [0.5, 0.6) is 0 Å². The second-order valence-corrected chi connectivity index (χ2v) is 9.38. The van der Waals surface area contributed by atoms with Gasteiger partial charge < -0.3 is 11.1 Å². The van der Waals surface area contributed by atoms with Gasteiger partial charge in [-0.3, -0.25) is 4.79 Å². The highest BCUT2D eigenvalue weighted by molar-refractivity contribution is 7.89. The second-order valence-electron chi connectivity index (χ2n) is 7.61. The van der Waals surface area contributed by atoms with E-state index < -0.39 is 10.0 Å². The van der Waals surface area contributed by atoms with E-state index in [-0.39, 0.29) is 35.2 Å². The van der Waals surface area contributed by atoms with Crippen molar-refractivity contribution in [3.05, 3.63) is 24.3 Å². The molecular weight excluding hydrogens is 386 g/mol. The molecule has 2 bridgehead atoms. The van der Waals surface area contributed by atoms with Crippen LogP contribution in [0.15, 0.2) is 29.2 Å². The Labute approximate surface area is 168 Å². The van der Waals surface area contributed by atoms with Gasteiger partial charge in [0.2, 0.25) is 15.9 Å². The lowest BCUT2D eigenvalue weighted by molar-refractivity contribution is -0.122. The average Bonchev–Trinajstić information content (AvgIpc) is 2.60. The summed E-state index contributed by atoms with van der Waals surface area (Å²) in [7, 11) is -3.48. The number of hydrogen-bond donors (Lipinski definition) is 3. The first-order chi connectivity index (χ1) is 12.4. The number of amides is 1. The minimum atomic E-state index is -3.48. The first kappa shape index (κ1) is 22.1. The minimum Gasteiger partial charge on any atom is -0.327 e. The number of halogens is 1. The van der Waals surface area contributed by atoms with Gasteiger partial charge in [0.05, 0.1) is 4.90 Å². The zero-order chi connectivity index (χ0) is 18.7. The van der Waals surface area contributed by atoms with Crippen LogP contribution < -0.4 is 15.8 Å². The molecule has 2 aliphatic carbocycles. The summed E-state index contributed by atoms with van der Waals surface area (Å²) in [6, 6.07) is 6.59. The predicted molar refractivity (Wildman–Crippen MR) is 109 cm³/mol. The Morgan fingerprint density at radius 1 is 1.15 bits per heavy atom. The smallest absolute Gasteiger partial charge is 0.240 e. The van der Waals surface area contributed by atoms with Gasteiger partial charge in [-0.05, 0) is 68.2 Å². The molecule has 2 aliphatic rings. The molecule has 2 saturated carbocycles. The summed E-state index contributed by atoms with van der Waals surface area (Å²) in [6.45, 7) is 2.32. The lowest BCUT2D eigenvalue weighted by Crippen LogP contribution is -2.48. The Bertz CT molecular complexity index is 725. The highest BCUT2D eigenvalue weighted by Gasteiger charge is 2.40. The SMILES string of the molecule is CCCNS(=O)(=O)c1ccc(NC(=O)C2CC3CCCC(C2)C3N)cc1.Cl. The van der Waals surface area contributed by atoms with Gasteiger partial charge in [0, 0.05) is 24.2 Å². The molecule has 0 heterocycles. The number of sulfonamides is 1. The summed E-state index contributed by atoms with van der Waals surface area (Å²) in [6.07, 6.45) is 5.92. The third kappa shape index (κ3) is 5.22. The Kier molecular flexibility index (Phi) is 7.68. The van der Waals surface area contributed by atoms with Crippen LogP contribution in [0.3, 0.4) is 0 Å². The number of rotatable bonds is 6. The normalized spacial score (nSPS) is 27.5. The average molecular weight is 416 g/mol. The summed E-state index contributed by atoms with van der Waals surface area (Å²) in [5, 5.41) is 2.94. The quantitative estimate of drug-likeness (QED) is 0.664. The zero-order valence-electron chi connectivity index (χ0n) is 15.7. The molecule has 8 heteroatoms. The topological polar surface area (TPSA) is 101 Å². The largest absolute Gasteiger partial charge is 0.327 e. The van der Waals surface area contributed by atoms with Gasteiger partial charge in [-0.15, -0.1) is 12.4 Å². The van der Waals surface area contributed by atoms with Crippen molar-refractivity contribution >= 4 is 34.0 Å². The summed E-state index contributed by atoms with van der Waals surface area (Å²) < 4.78 is 26.7. The van der Waals surface area contributed by atoms with E-state index in [0.29, 0.717) is 24.1 Å². The van der Waals surface area contributed by atoms with Gasteiger partial charge in [0.15, 0.2) is 0 Å². The maximum absolute atomic E-state index is 12.6. The third-order valence-corrected chi connectivity index (χ3v) is 7.23. The fraction of sp³-hybridized carbons (Fsp3) is 0.632. The van der Waals surface area contributed by atoms with Crippen LogP contribution in [0.1, 0.15) is 45.4 Å². The van der Waals surface area contributed by atoms with Gasteiger partial charge >= 0.3 is 0 Å². The first-order valence-electron chi connectivity index (χ1n) is 9.57. The maximum Gasteiger partial charge on any atom is 0.240 e. The first-order valence-corrected chi connectivity index (χ1v) is 11.0. The van der Waals surface area contributed by atoms with Gasteiger partial charge in [-0.1, -0.05) is 13.3 Å². The molecule has 0 spiro atoms. The number of anilines is 1. The van der Waals surface area contributed by atoms with E-state index in [2.05, 4.69) is 10.0 Å². The maximum atomic E-state index is 12.6. The van der Waals surface area contributed by atoms with Crippen LogP contribution in [-0.4, -0.2) is 26.9 Å². The number of benzene rings is 1. The van der Waals surface area contributed by atoms with Crippen LogP contribution >= 0.6 is 12.4 Å². The molecule has 152 valence electrons.